The van der Waals surface area contributed by atoms with E-state index in [4.69, 9.17) is 5.73 Å². The van der Waals surface area contributed by atoms with Gasteiger partial charge in [-0.3, -0.25) is 14.5 Å². The van der Waals surface area contributed by atoms with Crippen LogP contribution in [-0.2, 0) is 4.79 Å². The maximum absolute atomic E-state index is 13.6. The Morgan fingerprint density at radius 2 is 1.72 bits per heavy atom. The Balaban J connectivity index is 1.28. The van der Waals surface area contributed by atoms with E-state index >= 15 is 0 Å². The minimum absolute atomic E-state index is 0.0855. The van der Waals surface area contributed by atoms with E-state index < -0.39 is 5.91 Å². The molecule has 2 aliphatic rings. The number of rotatable bonds is 7. The lowest BCUT2D eigenvalue weighted by Gasteiger charge is -2.40. The van der Waals surface area contributed by atoms with Crippen molar-refractivity contribution in [1.82, 2.24) is 0 Å². The molecule has 198 valence electrons. The number of nitrogens with one attached hydrogen (secondary N) is 2. The molecule has 7 nitrogen and oxygen atoms in total. The van der Waals surface area contributed by atoms with E-state index in [0.717, 1.165) is 15.5 Å². The highest BCUT2D eigenvalue weighted by atomic mass is 32.2. The van der Waals surface area contributed by atoms with Gasteiger partial charge in [-0.05, 0) is 61.0 Å². The van der Waals surface area contributed by atoms with E-state index in [2.05, 4.69) is 22.8 Å². The number of thioether (sulfide) groups is 2. The smallest absolute Gasteiger partial charge is 0.326 e. The summed E-state index contributed by atoms with van der Waals surface area (Å²) in [5.74, 6) is -0.661. The predicted octanol–water partition coefficient (Wildman–Crippen LogP) is 6.30. The quantitative estimate of drug-likeness (QED) is 0.296. The van der Waals surface area contributed by atoms with E-state index in [0.29, 0.717) is 23.4 Å². The maximum atomic E-state index is 13.6. The van der Waals surface area contributed by atoms with Gasteiger partial charge in [0.25, 0.3) is 0 Å². The van der Waals surface area contributed by atoms with E-state index in [1.807, 2.05) is 72.5 Å². The van der Waals surface area contributed by atoms with E-state index in [1.165, 1.54) is 11.8 Å². The van der Waals surface area contributed by atoms with Crippen LogP contribution in [0.25, 0.3) is 0 Å². The molecule has 3 atom stereocenters. The van der Waals surface area contributed by atoms with Gasteiger partial charge in [0.2, 0.25) is 11.8 Å². The third-order valence-electron chi connectivity index (χ3n) is 6.43. The number of hydrogen-bond donors (Lipinski definition) is 3. The second-order valence-corrected chi connectivity index (χ2v) is 11.6. The number of hydrogen-bond acceptors (Lipinski definition) is 5. The number of primary amides is 1. The summed E-state index contributed by atoms with van der Waals surface area (Å²) in [6, 6.07) is 21.7. The van der Waals surface area contributed by atoms with Crippen molar-refractivity contribution in [3.8, 4) is 0 Å². The van der Waals surface area contributed by atoms with Crippen molar-refractivity contribution < 1.29 is 14.4 Å². The summed E-state index contributed by atoms with van der Waals surface area (Å²) in [5, 5.41) is 5.77. The molecule has 0 saturated carbocycles. The molecule has 3 unspecified atom stereocenters. The van der Waals surface area contributed by atoms with E-state index in [1.54, 1.807) is 36.0 Å². The van der Waals surface area contributed by atoms with Crippen molar-refractivity contribution in [1.29, 1.82) is 0 Å². The first kappa shape index (κ1) is 26.6. The molecule has 4 amide bonds. The molecule has 1 heterocycles. The minimum Gasteiger partial charge on any atom is -0.366 e. The zero-order valence-electron chi connectivity index (χ0n) is 21.2. The van der Waals surface area contributed by atoms with Crippen molar-refractivity contribution in [3.63, 3.8) is 0 Å². The fourth-order valence-corrected chi connectivity index (χ4v) is 6.75. The number of para-hydroxylation sites is 1. The monoisotopic (exact) mass is 556 g/mol. The Hall–Kier alpha value is -3.95. The first-order valence-electron chi connectivity index (χ1n) is 12.6. The number of benzene rings is 3. The van der Waals surface area contributed by atoms with Gasteiger partial charge in [0.05, 0.1) is 22.2 Å². The lowest BCUT2D eigenvalue weighted by atomic mass is 10.1. The van der Waals surface area contributed by atoms with Crippen LogP contribution in [0.5, 0.6) is 0 Å². The van der Waals surface area contributed by atoms with Crippen LogP contribution >= 0.6 is 23.5 Å². The molecule has 5 rings (SSSR count). The third kappa shape index (κ3) is 6.05. The van der Waals surface area contributed by atoms with E-state index in [-0.39, 0.29) is 28.5 Å². The van der Waals surface area contributed by atoms with Crippen molar-refractivity contribution in [2.75, 3.05) is 15.5 Å². The summed E-state index contributed by atoms with van der Waals surface area (Å²) < 4.78 is 0. The van der Waals surface area contributed by atoms with Gasteiger partial charge in [0.15, 0.2) is 0 Å². The summed E-state index contributed by atoms with van der Waals surface area (Å²) in [5.41, 5.74) is 7.81. The standard InChI is InChI=1S/C30H28N4O3S2/c1-2-25(29(36)32-20-16-14-19(15-17-20)28(31)35)38-22-9-7-8-21(18-22)33-30(37)34-23-10-3-5-12-26(23)39-27-13-6-4-11-24(27)34/h3-18,23,25-26H,2H2,1H3,(H2,31,35)(H,32,36)(H,33,37). The average Bonchev–Trinajstić information content (AvgIpc) is 2.95. The summed E-state index contributed by atoms with van der Waals surface area (Å²) in [6.45, 7) is 1.95. The Morgan fingerprint density at radius 1 is 0.949 bits per heavy atom. The van der Waals surface area contributed by atoms with Crippen LogP contribution in [0.4, 0.5) is 21.9 Å². The summed E-state index contributed by atoms with van der Waals surface area (Å²) in [4.78, 5) is 41.6. The zero-order valence-corrected chi connectivity index (χ0v) is 22.9. The number of anilines is 3. The summed E-state index contributed by atoms with van der Waals surface area (Å²) in [7, 11) is 0. The molecule has 3 aromatic rings. The van der Waals surface area contributed by atoms with Gasteiger partial charge in [0, 0.05) is 26.7 Å². The predicted molar refractivity (Wildman–Crippen MR) is 160 cm³/mol. The number of carbonyl (C=O) groups is 3. The van der Waals surface area contributed by atoms with Gasteiger partial charge in [-0.1, -0.05) is 49.4 Å². The molecule has 0 aromatic heterocycles. The Bertz CT molecular complexity index is 1450. The average molecular weight is 557 g/mol. The Kier molecular flexibility index (Phi) is 8.09. The SMILES string of the molecule is CCC(Sc1cccc(NC(=O)N2c3ccccc3SC3C=CC=CC32)c1)C(=O)Nc1ccc(C(N)=O)cc1. The first-order valence-corrected chi connectivity index (χ1v) is 14.4. The van der Waals surface area contributed by atoms with Gasteiger partial charge in [-0.15, -0.1) is 23.5 Å². The maximum Gasteiger partial charge on any atom is 0.326 e. The number of amides is 4. The van der Waals surface area contributed by atoms with Gasteiger partial charge < -0.3 is 16.4 Å². The molecule has 39 heavy (non-hydrogen) atoms. The van der Waals surface area contributed by atoms with Crippen LogP contribution in [0.3, 0.4) is 0 Å². The van der Waals surface area contributed by atoms with Crippen LogP contribution in [0.15, 0.2) is 107 Å². The minimum atomic E-state index is -0.517. The van der Waals surface area contributed by atoms with Gasteiger partial charge >= 0.3 is 6.03 Å². The number of urea groups is 1. The lowest BCUT2D eigenvalue weighted by molar-refractivity contribution is -0.115. The molecule has 3 aromatic carbocycles. The number of nitrogens with zero attached hydrogens (tertiary/aromatic N) is 1. The fraction of sp³-hybridized carbons (Fsp3) is 0.167. The first-order chi connectivity index (χ1) is 18.9. The highest BCUT2D eigenvalue weighted by Crippen LogP contribution is 2.43. The van der Waals surface area contributed by atoms with E-state index in [9.17, 15) is 14.4 Å². The fourth-order valence-electron chi connectivity index (χ4n) is 4.48. The van der Waals surface area contributed by atoms with Crippen LogP contribution in [0, 0.1) is 0 Å². The zero-order chi connectivity index (χ0) is 27.4. The second-order valence-electron chi connectivity index (χ2n) is 9.08. The highest BCUT2D eigenvalue weighted by molar-refractivity contribution is 8.00. The second kappa shape index (κ2) is 11.8. The molecule has 0 saturated heterocycles. The summed E-state index contributed by atoms with van der Waals surface area (Å²) >= 11 is 3.20. The summed E-state index contributed by atoms with van der Waals surface area (Å²) in [6.07, 6.45) is 8.80. The molecule has 0 radical (unpaired) electrons. The molecular formula is C30H28N4O3S2. The highest BCUT2D eigenvalue weighted by Gasteiger charge is 2.36. The molecule has 0 spiro atoms. The van der Waals surface area contributed by atoms with Crippen LogP contribution in [-0.4, -0.2) is 34.4 Å². The Morgan fingerprint density at radius 3 is 2.49 bits per heavy atom. The van der Waals surface area contributed by atoms with Crippen molar-refractivity contribution in [2.45, 2.75) is 39.7 Å². The van der Waals surface area contributed by atoms with Crippen LogP contribution < -0.4 is 21.3 Å². The molecule has 1 aliphatic heterocycles. The molecular weight excluding hydrogens is 528 g/mol. The molecule has 0 fully saturated rings. The van der Waals surface area contributed by atoms with Crippen molar-refractivity contribution in [3.05, 3.63) is 103 Å². The van der Waals surface area contributed by atoms with Crippen LogP contribution in [0.2, 0.25) is 0 Å². The molecule has 1 aliphatic carbocycles. The van der Waals surface area contributed by atoms with Crippen molar-refractivity contribution >= 4 is 58.4 Å². The Labute approximate surface area is 235 Å². The number of carbonyl (C=O) groups excluding carboxylic acids is 3. The third-order valence-corrected chi connectivity index (χ3v) is 9.09. The van der Waals surface area contributed by atoms with Crippen LogP contribution in [0.1, 0.15) is 23.7 Å². The normalized spacial score (nSPS) is 18.0. The number of nitrogens with two attached hydrogens (primary N) is 1. The molecule has 4 N–H and O–H groups in total. The topological polar surface area (TPSA) is 105 Å². The lowest BCUT2D eigenvalue weighted by Crippen LogP contribution is -2.49. The number of fused-ring (bicyclic) bond motifs is 2. The molecule has 0 bridgehead atoms. The van der Waals surface area contributed by atoms with Gasteiger partial charge in [0.1, 0.15) is 0 Å². The van der Waals surface area contributed by atoms with Gasteiger partial charge in [-0.2, -0.15) is 0 Å². The molecule has 9 heteroatoms. The number of allylic oxidation sites excluding steroid dienone is 2. The van der Waals surface area contributed by atoms with Crippen molar-refractivity contribution in [2.24, 2.45) is 5.73 Å². The van der Waals surface area contributed by atoms with Gasteiger partial charge in [-0.25, -0.2) is 4.79 Å². The largest absolute Gasteiger partial charge is 0.366 e.